The standard InChI is InChI=1S/C10H16N2O2/c1-7(8-2-3-8)6-12-5-4-9(13)11-10(12)14/h7-8H,2-6H2,1H3,(H,11,13,14). The van der Waals surface area contributed by atoms with Crippen LogP contribution >= 0.6 is 0 Å². The monoisotopic (exact) mass is 196 g/mol. The first-order valence-electron chi connectivity index (χ1n) is 5.25. The lowest BCUT2D eigenvalue weighted by Crippen LogP contribution is -2.50. The van der Waals surface area contributed by atoms with Crippen LogP contribution in [0.4, 0.5) is 4.79 Å². The summed E-state index contributed by atoms with van der Waals surface area (Å²) >= 11 is 0. The predicted molar refractivity (Wildman–Crippen MR) is 51.6 cm³/mol. The van der Waals surface area contributed by atoms with Crippen LogP contribution in [0.3, 0.4) is 0 Å². The quantitative estimate of drug-likeness (QED) is 0.731. The molecule has 1 aliphatic heterocycles. The van der Waals surface area contributed by atoms with Gasteiger partial charge in [0.15, 0.2) is 0 Å². The van der Waals surface area contributed by atoms with E-state index in [1.165, 1.54) is 12.8 Å². The van der Waals surface area contributed by atoms with E-state index in [0.717, 1.165) is 12.5 Å². The molecule has 0 aromatic rings. The number of imide groups is 1. The van der Waals surface area contributed by atoms with Gasteiger partial charge < -0.3 is 4.90 Å². The highest BCUT2D eigenvalue weighted by atomic mass is 16.2. The lowest BCUT2D eigenvalue weighted by Gasteiger charge is -2.28. The second-order valence-corrected chi connectivity index (χ2v) is 4.36. The van der Waals surface area contributed by atoms with Gasteiger partial charge in [0.1, 0.15) is 0 Å². The summed E-state index contributed by atoms with van der Waals surface area (Å²) in [4.78, 5) is 24.0. The van der Waals surface area contributed by atoms with Crippen molar-refractivity contribution in [3.63, 3.8) is 0 Å². The number of hydrogen-bond donors (Lipinski definition) is 1. The van der Waals surface area contributed by atoms with Gasteiger partial charge in [-0.3, -0.25) is 10.1 Å². The van der Waals surface area contributed by atoms with E-state index in [1.54, 1.807) is 4.90 Å². The molecule has 4 nitrogen and oxygen atoms in total. The summed E-state index contributed by atoms with van der Waals surface area (Å²) in [5.41, 5.74) is 0. The largest absolute Gasteiger partial charge is 0.324 e. The average molecular weight is 196 g/mol. The van der Waals surface area contributed by atoms with Crippen molar-refractivity contribution in [2.45, 2.75) is 26.2 Å². The van der Waals surface area contributed by atoms with E-state index < -0.39 is 0 Å². The second kappa shape index (κ2) is 3.59. The smallest absolute Gasteiger partial charge is 0.324 e. The number of nitrogens with zero attached hydrogens (tertiary/aromatic N) is 1. The molecule has 1 saturated carbocycles. The number of rotatable bonds is 3. The van der Waals surface area contributed by atoms with E-state index in [4.69, 9.17) is 0 Å². The maximum Gasteiger partial charge on any atom is 0.324 e. The minimum Gasteiger partial charge on any atom is -0.324 e. The van der Waals surface area contributed by atoms with Gasteiger partial charge in [-0.05, 0) is 24.7 Å². The molecular formula is C10H16N2O2. The van der Waals surface area contributed by atoms with Crippen molar-refractivity contribution in [3.8, 4) is 0 Å². The second-order valence-electron chi connectivity index (χ2n) is 4.36. The number of nitrogens with one attached hydrogen (secondary N) is 1. The molecule has 14 heavy (non-hydrogen) atoms. The molecule has 0 aromatic heterocycles. The van der Waals surface area contributed by atoms with E-state index in [2.05, 4.69) is 12.2 Å². The third kappa shape index (κ3) is 2.05. The summed E-state index contributed by atoms with van der Waals surface area (Å²) in [5, 5.41) is 2.34. The van der Waals surface area contributed by atoms with Crippen LogP contribution in [0.1, 0.15) is 26.2 Å². The molecule has 1 aliphatic carbocycles. The van der Waals surface area contributed by atoms with Crippen molar-refractivity contribution in [2.24, 2.45) is 11.8 Å². The Morgan fingerprint density at radius 2 is 2.21 bits per heavy atom. The zero-order valence-corrected chi connectivity index (χ0v) is 8.45. The maximum atomic E-state index is 11.4. The van der Waals surface area contributed by atoms with Gasteiger partial charge in [-0.15, -0.1) is 0 Å². The van der Waals surface area contributed by atoms with E-state index in [-0.39, 0.29) is 11.9 Å². The van der Waals surface area contributed by atoms with Crippen molar-refractivity contribution in [1.82, 2.24) is 10.2 Å². The molecule has 2 fully saturated rings. The molecular weight excluding hydrogens is 180 g/mol. The molecule has 1 saturated heterocycles. The van der Waals surface area contributed by atoms with Crippen LogP contribution in [-0.2, 0) is 4.79 Å². The summed E-state index contributed by atoms with van der Waals surface area (Å²) in [6, 6.07) is -0.214. The average Bonchev–Trinajstić information content (AvgIpc) is 2.92. The van der Waals surface area contributed by atoms with Gasteiger partial charge in [-0.2, -0.15) is 0 Å². The number of carbonyl (C=O) groups excluding carboxylic acids is 2. The third-order valence-corrected chi connectivity index (χ3v) is 3.08. The highest BCUT2D eigenvalue weighted by Crippen LogP contribution is 2.36. The van der Waals surface area contributed by atoms with Crippen molar-refractivity contribution in [1.29, 1.82) is 0 Å². The first-order chi connectivity index (χ1) is 6.66. The van der Waals surface area contributed by atoms with E-state index >= 15 is 0 Å². The minimum atomic E-state index is -0.214. The van der Waals surface area contributed by atoms with Gasteiger partial charge in [0, 0.05) is 19.5 Å². The van der Waals surface area contributed by atoms with Crippen molar-refractivity contribution >= 4 is 11.9 Å². The van der Waals surface area contributed by atoms with Gasteiger partial charge in [-0.25, -0.2) is 4.79 Å². The molecule has 78 valence electrons. The van der Waals surface area contributed by atoms with Gasteiger partial charge in [0.25, 0.3) is 0 Å². The van der Waals surface area contributed by atoms with Crippen LogP contribution in [0.2, 0.25) is 0 Å². The van der Waals surface area contributed by atoms with Crippen molar-refractivity contribution in [2.75, 3.05) is 13.1 Å². The summed E-state index contributed by atoms with van der Waals surface area (Å²) in [6.45, 7) is 3.56. The molecule has 3 amide bonds. The van der Waals surface area contributed by atoms with E-state index in [1.807, 2.05) is 0 Å². The van der Waals surface area contributed by atoms with Crippen LogP contribution in [-0.4, -0.2) is 29.9 Å². The molecule has 1 N–H and O–H groups in total. The summed E-state index contributed by atoms with van der Waals surface area (Å²) in [6.07, 6.45) is 3.05. The summed E-state index contributed by atoms with van der Waals surface area (Å²) in [7, 11) is 0. The van der Waals surface area contributed by atoms with Gasteiger partial charge >= 0.3 is 6.03 Å². The summed E-state index contributed by atoms with van der Waals surface area (Å²) in [5.74, 6) is 1.24. The fourth-order valence-corrected chi connectivity index (χ4v) is 1.94. The number of carbonyl (C=O) groups is 2. The SMILES string of the molecule is CC(CN1CCC(=O)NC1=O)C1CC1. The maximum absolute atomic E-state index is 11.4. The summed E-state index contributed by atoms with van der Waals surface area (Å²) < 4.78 is 0. The molecule has 0 aromatic carbocycles. The minimum absolute atomic E-state index is 0.148. The van der Waals surface area contributed by atoms with Crippen LogP contribution in [0.15, 0.2) is 0 Å². The molecule has 2 rings (SSSR count). The van der Waals surface area contributed by atoms with Crippen LogP contribution in [0, 0.1) is 11.8 Å². The highest BCUT2D eigenvalue weighted by molar-refractivity contribution is 5.96. The lowest BCUT2D eigenvalue weighted by atomic mass is 10.1. The van der Waals surface area contributed by atoms with Crippen LogP contribution < -0.4 is 5.32 Å². The Morgan fingerprint density at radius 1 is 1.50 bits per heavy atom. The van der Waals surface area contributed by atoms with Crippen LogP contribution in [0.5, 0.6) is 0 Å². The Balaban J connectivity index is 1.84. The predicted octanol–water partition coefficient (Wildman–Crippen LogP) is 0.974. The number of urea groups is 1. The van der Waals surface area contributed by atoms with Gasteiger partial charge in [-0.1, -0.05) is 6.92 Å². The topological polar surface area (TPSA) is 49.4 Å². The first-order valence-corrected chi connectivity index (χ1v) is 5.25. The fraction of sp³-hybridized carbons (Fsp3) is 0.800. The number of hydrogen-bond acceptors (Lipinski definition) is 2. The molecule has 1 heterocycles. The zero-order valence-electron chi connectivity index (χ0n) is 8.45. The Labute approximate surface area is 83.6 Å². The van der Waals surface area contributed by atoms with E-state index in [9.17, 15) is 9.59 Å². The fourth-order valence-electron chi connectivity index (χ4n) is 1.94. The van der Waals surface area contributed by atoms with Gasteiger partial charge in [0.2, 0.25) is 5.91 Å². The zero-order chi connectivity index (χ0) is 10.1. The number of amides is 3. The molecule has 0 bridgehead atoms. The molecule has 0 radical (unpaired) electrons. The molecule has 4 heteroatoms. The van der Waals surface area contributed by atoms with Crippen LogP contribution in [0.25, 0.3) is 0 Å². The third-order valence-electron chi connectivity index (χ3n) is 3.08. The molecule has 0 spiro atoms. The van der Waals surface area contributed by atoms with Crippen molar-refractivity contribution < 1.29 is 9.59 Å². The molecule has 1 atom stereocenters. The Bertz CT molecular complexity index is 261. The Kier molecular flexibility index (Phi) is 2.44. The normalized spacial score (nSPS) is 24.8. The molecule has 2 aliphatic rings. The Morgan fingerprint density at radius 3 is 2.79 bits per heavy atom. The Hall–Kier alpha value is -1.06. The first kappa shape index (κ1) is 9.49. The highest BCUT2D eigenvalue weighted by Gasteiger charge is 2.31. The van der Waals surface area contributed by atoms with Crippen molar-refractivity contribution in [3.05, 3.63) is 0 Å². The lowest BCUT2D eigenvalue weighted by molar-refractivity contribution is -0.121. The van der Waals surface area contributed by atoms with E-state index in [0.29, 0.717) is 18.9 Å². The van der Waals surface area contributed by atoms with Gasteiger partial charge in [0.05, 0.1) is 0 Å². The molecule has 1 unspecified atom stereocenters.